The van der Waals surface area contributed by atoms with Gasteiger partial charge in [-0.25, -0.2) is 0 Å². The van der Waals surface area contributed by atoms with E-state index in [9.17, 15) is 9.59 Å². The van der Waals surface area contributed by atoms with E-state index in [4.69, 9.17) is 0 Å². The summed E-state index contributed by atoms with van der Waals surface area (Å²) in [4.78, 5) is 25.7. The second-order valence-electron chi connectivity index (χ2n) is 5.22. The zero-order valence-corrected chi connectivity index (χ0v) is 11.2. The van der Waals surface area contributed by atoms with Gasteiger partial charge in [0.2, 0.25) is 5.91 Å². The van der Waals surface area contributed by atoms with E-state index in [1.807, 2.05) is 17.0 Å². The van der Waals surface area contributed by atoms with Crippen molar-refractivity contribution in [3.8, 4) is 0 Å². The molecule has 1 aromatic rings. The van der Waals surface area contributed by atoms with Crippen LogP contribution in [0.1, 0.15) is 41.3 Å². The van der Waals surface area contributed by atoms with E-state index in [1.54, 1.807) is 0 Å². The van der Waals surface area contributed by atoms with Crippen LogP contribution in [0.25, 0.3) is 0 Å². The third-order valence-electron chi connectivity index (χ3n) is 3.86. The van der Waals surface area contributed by atoms with E-state index in [0.29, 0.717) is 18.5 Å². The van der Waals surface area contributed by atoms with Crippen LogP contribution in [-0.4, -0.2) is 24.9 Å². The van der Waals surface area contributed by atoms with Crippen molar-refractivity contribution in [3.05, 3.63) is 28.8 Å². The maximum atomic E-state index is 12.1. The molecular weight excluding hydrogens is 240 g/mol. The summed E-state index contributed by atoms with van der Waals surface area (Å²) < 4.78 is 0. The van der Waals surface area contributed by atoms with Gasteiger partial charge in [0.05, 0.1) is 12.1 Å². The van der Waals surface area contributed by atoms with Gasteiger partial charge in [0.1, 0.15) is 0 Å². The summed E-state index contributed by atoms with van der Waals surface area (Å²) in [5.74, 6) is 0.141. The summed E-state index contributed by atoms with van der Waals surface area (Å²) in [7, 11) is 0. The maximum Gasteiger partial charge on any atom is 0.251 e. The fraction of sp³-hybridized carbons (Fsp3) is 0.467. The number of carbonyl (C=O) groups is 2. The Bertz CT molecular complexity index is 551. The number of hydrogen-bond donors (Lipinski definition) is 1. The number of carbonyl (C=O) groups excluding carboxylic acids is 2. The Morgan fingerprint density at radius 1 is 1.37 bits per heavy atom. The number of nitrogens with zero attached hydrogens (tertiary/aromatic N) is 1. The molecule has 2 aliphatic heterocycles. The molecule has 0 saturated heterocycles. The first kappa shape index (κ1) is 12.2. The van der Waals surface area contributed by atoms with Crippen LogP contribution in [0.5, 0.6) is 0 Å². The molecule has 1 aromatic carbocycles. The number of amides is 2. The maximum absolute atomic E-state index is 12.1. The number of rotatable bonds is 4. The van der Waals surface area contributed by atoms with Crippen molar-refractivity contribution in [1.82, 2.24) is 5.32 Å². The van der Waals surface area contributed by atoms with E-state index >= 15 is 0 Å². The number of nitrogens with one attached hydrogen (secondary N) is 1. The first-order valence-corrected chi connectivity index (χ1v) is 6.95. The SMILES string of the molecule is CCCCNC(=O)c1cc2c3c(c1)CC(=O)N3CC2. The number of hydrogen-bond acceptors (Lipinski definition) is 2. The molecule has 0 spiro atoms. The Hall–Kier alpha value is -1.84. The van der Waals surface area contributed by atoms with Crippen LogP contribution in [0.2, 0.25) is 0 Å². The first-order chi connectivity index (χ1) is 9.20. The van der Waals surface area contributed by atoms with Crippen LogP contribution in [0.4, 0.5) is 5.69 Å². The lowest BCUT2D eigenvalue weighted by molar-refractivity contribution is -0.117. The molecule has 0 saturated carbocycles. The summed E-state index contributed by atoms with van der Waals surface area (Å²) in [5, 5.41) is 2.93. The lowest BCUT2D eigenvalue weighted by Gasteiger charge is -2.10. The minimum Gasteiger partial charge on any atom is -0.352 e. The molecule has 2 heterocycles. The van der Waals surface area contributed by atoms with Crippen LogP contribution in [-0.2, 0) is 17.6 Å². The predicted octanol–water partition coefficient (Wildman–Crippen LogP) is 1.66. The highest BCUT2D eigenvalue weighted by molar-refractivity contribution is 6.05. The minimum absolute atomic E-state index is 0.0229. The molecule has 3 rings (SSSR count). The highest BCUT2D eigenvalue weighted by Gasteiger charge is 2.34. The molecule has 0 aliphatic carbocycles. The normalized spacial score (nSPS) is 15.8. The van der Waals surface area contributed by atoms with Crippen molar-refractivity contribution in [2.75, 3.05) is 18.0 Å². The summed E-state index contributed by atoms with van der Waals surface area (Å²) in [6.45, 7) is 3.58. The zero-order chi connectivity index (χ0) is 13.4. The monoisotopic (exact) mass is 258 g/mol. The van der Waals surface area contributed by atoms with Crippen LogP contribution in [0, 0.1) is 0 Å². The van der Waals surface area contributed by atoms with Gasteiger partial charge in [-0.1, -0.05) is 13.3 Å². The number of anilines is 1. The van der Waals surface area contributed by atoms with E-state index < -0.39 is 0 Å². The third kappa shape index (κ3) is 2.01. The molecule has 19 heavy (non-hydrogen) atoms. The van der Waals surface area contributed by atoms with Gasteiger partial charge < -0.3 is 10.2 Å². The van der Waals surface area contributed by atoms with Crippen molar-refractivity contribution >= 4 is 17.5 Å². The fourth-order valence-corrected chi connectivity index (χ4v) is 2.90. The highest BCUT2D eigenvalue weighted by atomic mass is 16.2. The Kier molecular flexibility index (Phi) is 3.01. The van der Waals surface area contributed by atoms with Crippen LogP contribution in [0.15, 0.2) is 12.1 Å². The topological polar surface area (TPSA) is 49.4 Å². The van der Waals surface area contributed by atoms with Gasteiger partial charge in [-0.15, -0.1) is 0 Å². The molecule has 2 aliphatic rings. The van der Waals surface area contributed by atoms with Gasteiger partial charge >= 0.3 is 0 Å². The summed E-state index contributed by atoms with van der Waals surface area (Å²) in [5.41, 5.74) is 3.92. The number of unbranched alkanes of at least 4 members (excludes halogenated alkanes) is 1. The van der Waals surface area contributed by atoms with E-state index in [-0.39, 0.29) is 11.8 Å². The fourth-order valence-electron chi connectivity index (χ4n) is 2.90. The molecule has 4 nitrogen and oxygen atoms in total. The van der Waals surface area contributed by atoms with E-state index in [0.717, 1.165) is 42.6 Å². The molecule has 0 fully saturated rings. The van der Waals surface area contributed by atoms with Crippen LogP contribution >= 0.6 is 0 Å². The van der Waals surface area contributed by atoms with Gasteiger partial charge in [0.15, 0.2) is 0 Å². The molecule has 4 heteroatoms. The van der Waals surface area contributed by atoms with Gasteiger partial charge in [-0.3, -0.25) is 9.59 Å². The van der Waals surface area contributed by atoms with E-state index in [2.05, 4.69) is 12.2 Å². The smallest absolute Gasteiger partial charge is 0.251 e. The predicted molar refractivity (Wildman–Crippen MR) is 73.4 cm³/mol. The third-order valence-corrected chi connectivity index (χ3v) is 3.86. The lowest BCUT2D eigenvalue weighted by Crippen LogP contribution is -2.24. The summed E-state index contributed by atoms with van der Waals surface area (Å²) in [6.07, 6.45) is 3.37. The van der Waals surface area contributed by atoms with E-state index in [1.165, 1.54) is 0 Å². The van der Waals surface area contributed by atoms with Crippen LogP contribution < -0.4 is 10.2 Å². The molecule has 0 radical (unpaired) electrons. The number of benzene rings is 1. The molecule has 100 valence electrons. The second kappa shape index (κ2) is 4.68. The molecule has 2 amide bonds. The molecule has 1 N–H and O–H groups in total. The van der Waals surface area contributed by atoms with Gasteiger partial charge in [-0.05, 0) is 36.1 Å². The molecule has 0 bridgehead atoms. The Morgan fingerprint density at radius 2 is 2.16 bits per heavy atom. The largest absolute Gasteiger partial charge is 0.352 e. The molecule has 0 atom stereocenters. The molecule has 0 unspecified atom stereocenters. The first-order valence-electron chi connectivity index (χ1n) is 6.95. The summed E-state index contributed by atoms with van der Waals surface area (Å²) in [6, 6.07) is 3.82. The standard InChI is InChI=1S/C15H18N2O2/c1-2-3-5-16-15(19)12-7-10-4-6-17-13(18)9-11(8-12)14(10)17/h7-8H,2-6,9H2,1H3,(H,16,19). The van der Waals surface area contributed by atoms with Crippen molar-refractivity contribution in [1.29, 1.82) is 0 Å². The quantitative estimate of drug-likeness (QED) is 0.835. The zero-order valence-electron chi connectivity index (χ0n) is 11.2. The van der Waals surface area contributed by atoms with Gasteiger partial charge in [0, 0.05) is 18.7 Å². The van der Waals surface area contributed by atoms with Gasteiger partial charge in [-0.2, -0.15) is 0 Å². The Morgan fingerprint density at radius 3 is 2.95 bits per heavy atom. The average molecular weight is 258 g/mol. The average Bonchev–Trinajstić information content (AvgIpc) is 2.95. The van der Waals surface area contributed by atoms with Gasteiger partial charge in [0.25, 0.3) is 5.91 Å². The van der Waals surface area contributed by atoms with Crippen LogP contribution in [0.3, 0.4) is 0 Å². The van der Waals surface area contributed by atoms with Crippen molar-refractivity contribution in [2.45, 2.75) is 32.6 Å². The summed E-state index contributed by atoms with van der Waals surface area (Å²) >= 11 is 0. The second-order valence-corrected chi connectivity index (χ2v) is 5.22. The van der Waals surface area contributed by atoms with Crippen molar-refractivity contribution < 1.29 is 9.59 Å². The Balaban J connectivity index is 1.84. The minimum atomic E-state index is -0.0229. The Labute approximate surface area is 112 Å². The lowest BCUT2D eigenvalue weighted by atomic mass is 10.0. The van der Waals surface area contributed by atoms with Crippen molar-refractivity contribution in [2.24, 2.45) is 0 Å². The molecule has 0 aromatic heterocycles. The van der Waals surface area contributed by atoms with Crippen molar-refractivity contribution in [3.63, 3.8) is 0 Å². The molecular formula is C15H18N2O2. The highest BCUT2D eigenvalue weighted by Crippen LogP contribution is 2.38.